The van der Waals surface area contributed by atoms with E-state index in [0.29, 0.717) is 38.3 Å². The fourth-order valence-corrected chi connectivity index (χ4v) is 3.06. The van der Waals surface area contributed by atoms with Crippen molar-refractivity contribution in [1.29, 1.82) is 0 Å². The minimum Gasteiger partial charge on any atom is -0.465 e. The van der Waals surface area contributed by atoms with E-state index in [1.165, 1.54) is 12.8 Å². The van der Waals surface area contributed by atoms with Gasteiger partial charge in [-0.15, -0.1) is 0 Å². The minimum absolute atomic E-state index is 0.184. The Morgan fingerprint density at radius 2 is 2.35 bits per heavy atom. The molecule has 0 spiro atoms. The Kier molecular flexibility index (Phi) is 4.86. The van der Waals surface area contributed by atoms with Gasteiger partial charge in [-0.2, -0.15) is 0 Å². The molecule has 1 N–H and O–H groups in total. The third kappa shape index (κ3) is 3.23. The van der Waals surface area contributed by atoms with Crippen LogP contribution in [-0.4, -0.2) is 54.7 Å². The van der Waals surface area contributed by atoms with Crippen LogP contribution in [0.25, 0.3) is 10.4 Å². The van der Waals surface area contributed by atoms with Crippen LogP contribution in [0.2, 0.25) is 0 Å². The van der Waals surface area contributed by atoms with Crippen molar-refractivity contribution in [3.05, 3.63) is 10.4 Å². The second-order valence-corrected chi connectivity index (χ2v) is 5.64. The smallest absolute Gasteiger partial charge is 0.327 e. The lowest BCUT2D eigenvalue weighted by atomic mass is 9.96. The molecule has 1 saturated heterocycles. The van der Waals surface area contributed by atoms with E-state index < -0.39 is 5.54 Å². The molecule has 0 amide bonds. The van der Waals surface area contributed by atoms with Crippen molar-refractivity contribution in [2.45, 2.75) is 50.7 Å². The first-order chi connectivity index (χ1) is 9.63. The molecule has 7 nitrogen and oxygen atoms in total. The van der Waals surface area contributed by atoms with Gasteiger partial charge in [-0.05, 0) is 38.6 Å². The number of rotatable bonds is 7. The average Bonchev–Trinajstić information content (AvgIpc) is 3.20. The summed E-state index contributed by atoms with van der Waals surface area (Å²) in [5.74, 6) is -0.184. The van der Waals surface area contributed by atoms with Crippen LogP contribution in [0.3, 0.4) is 0 Å². The Bertz CT molecular complexity index is 406. The monoisotopic (exact) mass is 281 g/mol. The highest BCUT2D eigenvalue weighted by atomic mass is 16.5. The fraction of sp³-hybridized carbons (Fsp3) is 0.923. The number of carbonyl (C=O) groups is 1. The Balaban J connectivity index is 2.04. The molecule has 1 aliphatic heterocycles. The van der Waals surface area contributed by atoms with Crippen molar-refractivity contribution in [2.24, 2.45) is 5.11 Å². The number of carbonyl (C=O) groups excluding carboxylic acids is 1. The maximum Gasteiger partial charge on any atom is 0.327 e. The molecule has 2 unspecified atom stereocenters. The van der Waals surface area contributed by atoms with E-state index in [1.807, 2.05) is 6.92 Å². The van der Waals surface area contributed by atoms with Crippen LogP contribution in [0.1, 0.15) is 33.1 Å². The van der Waals surface area contributed by atoms with Gasteiger partial charge in [-0.25, -0.2) is 4.79 Å². The SMILES string of the molecule is CCOC(=O)C1(NCCN=[N+]=[N-])CC(C)N(C2CC2)C1. The molecule has 112 valence electrons. The molecule has 1 heterocycles. The van der Waals surface area contributed by atoms with Crippen LogP contribution >= 0.6 is 0 Å². The van der Waals surface area contributed by atoms with Crippen molar-refractivity contribution in [3.8, 4) is 0 Å². The summed E-state index contributed by atoms with van der Waals surface area (Å²) in [7, 11) is 0. The van der Waals surface area contributed by atoms with Crippen molar-refractivity contribution in [1.82, 2.24) is 10.2 Å². The van der Waals surface area contributed by atoms with E-state index in [9.17, 15) is 4.79 Å². The number of nitrogens with one attached hydrogen (secondary N) is 1. The number of nitrogens with zero attached hydrogens (tertiary/aromatic N) is 4. The molecular weight excluding hydrogens is 258 g/mol. The van der Waals surface area contributed by atoms with Crippen molar-refractivity contribution in [3.63, 3.8) is 0 Å². The van der Waals surface area contributed by atoms with Crippen LogP contribution < -0.4 is 5.32 Å². The van der Waals surface area contributed by atoms with E-state index in [0.717, 1.165) is 6.42 Å². The second kappa shape index (κ2) is 6.43. The first-order valence-corrected chi connectivity index (χ1v) is 7.32. The summed E-state index contributed by atoms with van der Waals surface area (Å²) < 4.78 is 5.25. The summed E-state index contributed by atoms with van der Waals surface area (Å²) >= 11 is 0. The molecule has 2 fully saturated rings. The predicted octanol–water partition coefficient (Wildman–Crippen LogP) is 1.44. The first kappa shape index (κ1) is 15.1. The van der Waals surface area contributed by atoms with Crippen LogP contribution in [0.5, 0.6) is 0 Å². The molecule has 0 bridgehead atoms. The van der Waals surface area contributed by atoms with Gasteiger partial charge in [0.1, 0.15) is 5.54 Å². The van der Waals surface area contributed by atoms with Crippen LogP contribution in [0.4, 0.5) is 0 Å². The highest BCUT2D eigenvalue weighted by molar-refractivity contribution is 5.82. The normalized spacial score (nSPS) is 30.0. The molecule has 2 aliphatic rings. The number of azide groups is 1. The zero-order chi connectivity index (χ0) is 14.6. The molecule has 1 saturated carbocycles. The van der Waals surface area contributed by atoms with Crippen molar-refractivity contribution >= 4 is 5.97 Å². The van der Waals surface area contributed by atoms with Crippen LogP contribution in [-0.2, 0) is 9.53 Å². The van der Waals surface area contributed by atoms with Gasteiger partial charge in [0.2, 0.25) is 0 Å². The molecule has 2 atom stereocenters. The minimum atomic E-state index is -0.650. The number of esters is 1. The summed E-state index contributed by atoms with van der Waals surface area (Å²) in [5.41, 5.74) is 7.66. The molecule has 0 aromatic rings. The van der Waals surface area contributed by atoms with Crippen LogP contribution in [0.15, 0.2) is 5.11 Å². The summed E-state index contributed by atoms with van der Waals surface area (Å²) in [6.07, 6.45) is 3.20. The topological polar surface area (TPSA) is 90.3 Å². The Labute approximate surface area is 119 Å². The Morgan fingerprint density at radius 1 is 1.60 bits per heavy atom. The maximum atomic E-state index is 12.4. The fourth-order valence-electron chi connectivity index (χ4n) is 3.06. The van der Waals surface area contributed by atoms with Gasteiger partial charge in [0, 0.05) is 36.6 Å². The van der Waals surface area contributed by atoms with Gasteiger partial charge in [0.15, 0.2) is 0 Å². The lowest BCUT2D eigenvalue weighted by Gasteiger charge is -2.28. The number of ether oxygens (including phenoxy) is 1. The lowest BCUT2D eigenvalue weighted by molar-refractivity contribution is -0.150. The second-order valence-electron chi connectivity index (χ2n) is 5.64. The molecular formula is C13H23N5O2. The molecule has 2 rings (SSSR count). The summed E-state index contributed by atoms with van der Waals surface area (Å²) in [4.78, 5) is 17.5. The number of likely N-dealkylation sites (tertiary alicyclic amines) is 1. The quantitative estimate of drug-likeness (QED) is 0.251. The summed E-state index contributed by atoms with van der Waals surface area (Å²) in [6.45, 7) is 5.89. The third-order valence-corrected chi connectivity index (χ3v) is 4.08. The standard InChI is InChI=1S/C13H23N5O2/c1-3-20-12(19)13(15-6-7-16-17-14)8-10(2)18(9-13)11-4-5-11/h10-11,15H,3-9H2,1-2H3. The average molecular weight is 281 g/mol. The van der Waals surface area contributed by atoms with Gasteiger partial charge in [-0.1, -0.05) is 5.11 Å². The molecule has 20 heavy (non-hydrogen) atoms. The molecule has 0 radical (unpaired) electrons. The Hall–Kier alpha value is -1.30. The Morgan fingerprint density at radius 3 is 2.95 bits per heavy atom. The van der Waals surface area contributed by atoms with Gasteiger partial charge in [0.05, 0.1) is 6.61 Å². The summed E-state index contributed by atoms with van der Waals surface area (Å²) in [6, 6.07) is 0.999. The molecule has 0 aromatic carbocycles. The van der Waals surface area contributed by atoms with E-state index >= 15 is 0 Å². The van der Waals surface area contributed by atoms with E-state index in [1.54, 1.807) is 0 Å². The first-order valence-electron chi connectivity index (χ1n) is 7.32. The highest BCUT2D eigenvalue weighted by Crippen LogP contribution is 2.37. The maximum absolute atomic E-state index is 12.4. The molecule has 0 aromatic heterocycles. The zero-order valence-electron chi connectivity index (χ0n) is 12.2. The van der Waals surface area contributed by atoms with Gasteiger partial charge in [-0.3, -0.25) is 4.90 Å². The van der Waals surface area contributed by atoms with Crippen molar-refractivity contribution < 1.29 is 9.53 Å². The molecule has 1 aliphatic carbocycles. The zero-order valence-corrected chi connectivity index (χ0v) is 12.2. The largest absolute Gasteiger partial charge is 0.465 e. The van der Waals surface area contributed by atoms with Gasteiger partial charge >= 0.3 is 5.97 Å². The lowest BCUT2D eigenvalue weighted by Crippen LogP contribution is -2.55. The van der Waals surface area contributed by atoms with Gasteiger partial charge < -0.3 is 10.1 Å². The van der Waals surface area contributed by atoms with E-state index in [2.05, 4.69) is 27.2 Å². The third-order valence-electron chi connectivity index (χ3n) is 4.08. The van der Waals surface area contributed by atoms with E-state index in [4.69, 9.17) is 10.3 Å². The number of hydrogen-bond donors (Lipinski definition) is 1. The van der Waals surface area contributed by atoms with Crippen molar-refractivity contribution in [2.75, 3.05) is 26.2 Å². The van der Waals surface area contributed by atoms with E-state index in [-0.39, 0.29) is 5.97 Å². The summed E-state index contributed by atoms with van der Waals surface area (Å²) in [5, 5.41) is 6.78. The highest BCUT2D eigenvalue weighted by Gasteiger charge is 2.51. The van der Waals surface area contributed by atoms with Crippen LogP contribution in [0, 0.1) is 0 Å². The van der Waals surface area contributed by atoms with Gasteiger partial charge in [0.25, 0.3) is 0 Å². The molecule has 7 heteroatoms. The predicted molar refractivity (Wildman–Crippen MR) is 75.2 cm³/mol. The number of hydrogen-bond acceptors (Lipinski definition) is 5.